The molecular formula is C52H38Cl2N8O10. The maximum absolute atomic E-state index is 14.2. The molecule has 7 aromatic carbocycles. The van der Waals surface area contributed by atoms with E-state index in [1.54, 1.807) is 66.7 Å². The Balaban J connectivity index is 0.810. The van der Waals surface area contributed by atoms with Crippen LogP contribution in [-0.2, 0) is 0 Å². The van der Waals surface area contributed by atoms with Crippen molar-refractivity contribution in [1.82, 2.24) is 31.1 Å². The standard InChI is InChI=1S/C52H38Cl2N8O10/c53-40-12-10-37-43-32(40)5-2-8-35(43)47(65)59(49(37)67)20-18-55-14-16-57-45(63)28-22-29(25-30(24-28)61-51(69)34-7-1-4-27-23-31(62(71)72)26-39(42(27)34)52(61)70)46(64)58-17-15-56-19-21-60-48(66)36-9-3-6-33-41(54)13-11-38(44(33)36)50(60)68/h1-13,22-26,55-56H,14-21H2,(H,57,63)(H,58,64). The second kappa shape index (κ2) is 19.1. The highest BCUT2D eigenvalue weighted by Crippen LogP contribution is 2.38. The van der Waals surface area contributed by atoms with E-state index in [1.807, 2.05) is 0 Å². The van der Waals surface area contributed by atoms with Crippen molar-refractivity contribution < 1.29 is 43.3 Å². The fourth-order valence-electron chi connectivity index (χ4n) is 9.43. The molecule has 0 bridgehead atoms. The maximum atomic E-state index is 14.2. The van der Waals surface area contributed by atoms with Gasteiger partial charge in [-0.1, -0.05) is 59.6 Å². The highest BCUT2D eigenvalue weighted by molar-refractivity contribution is 6.39. The van der Waals surface area contributed by atoms with Gasteiger partial charge >= 0.3 is 0 Å². The average Bonchev–Trinajstić information content (AvgIpc) is 3.38. The molecule has 7 aromatic rings. The van der Waals surface area contributed by atoms with Crippen LogP contribution >= 0.6 is 23.2 Å². The van der Waals surface area contributed by atoms with Crippen LogP contribution in [0.1, 0.15) is 82.9 Å². The second-order valence-corrected chi connectivity index (χ2v) is 17.9. The summed E-state index contributed by atoms with van der Waals surface area (Å²) in [5.74, 6) is -4.91. The van der Waals surface area contributed by atoms with Crippen LogP contribution in [0.2, 0.25) is 10.0 Å². The lowest BCUT2D eigenvalue weighted by Gasteiger charge is -2.28. The van der Waals surface area contributed by atoms with E-state index in [0.29, 0.717) is 59.2 Å². The minimum absolute atomic E-state index is 0.0258. The predicted molar refractivity (Wildman–Crippen MR) is 267 cm³/mol. The second-order valence-electron chi connectivity index (χ2n) is 17.1. The Kier molecular flexibility index (Phi) is 12.5. The third-order valence-corrected chi connectivity index (χ3v) is 13.5. The Morgan fingerprint density at radius 3 is 1.42 bits per heavy atom. The summed E-state index contributed by atoms with van der Waals surface area (Å²) in [5.41, 5.74) is 0.651. The zero-order chi connectivity index (χ0) is 50.5. The number of halogens is 2. The molecule has 3 aliphatic heterocycles. The first-order chi connectivity index (χ1) is 34.7. The van der Waals surface area contributed by atoms with Crippen LogP contribution in [0.25, 0.3) is 32.3 Å². The summed E-state index contributed by atoms with van der Waals surface area (Å²) in [6, 6.07) is 27.3. The van der Waals surface area contributed by atoms with Crippen LogP contribution in [0.3, 0.4) is 0 Å². The van der Waals surface area contributed by atoms with Crippen molar-refractivity contribution in [2.75, 3.05) is 57.3 Å². The van der Waals surface area contributed by atoms with Gasteiger partial charge in [0.1, 0.15) is 0 Å². The van der Waals surface area contributed by atoms with Crippen molar-refractivity contribution in [3.8, 4) is 0 Å². The van der Waals surface area contributed by atoms with Gasteiger partial charge in [0.25, 0.3) is 52.9 Å². The molecule has 0 saturated carbocycles. The number of benzene rings is 7. The van der Waals surface area contributed by atoms with E-state index in [2.05, 4.69) is 21.3 Å². The Morgan fingerprint density at radius 1 is 0.486 bits per heavy atom. The van der Waals surface area contributed by atoms with Crippen LogP contribution in [0.5, 0.6) is 0 Å². The van der Waals surface area contributed by atoms with Crippen molar-refractivity contribution in [2.24, 2.45) is 0 Å². The van der Waals surface area contributed by atoms with Gasteiger partial charge in [0.15, 0.2) is 0 Å². The largest absolute Gasteiger partial charge is 0.351 e. The summed E-state index contributed by atoms with van der Waals surface area (Å²) in [4.78, 5) is 124. The number of nitrogens with one attached hydrogen (secondary N) is 4. The van der Waals surface area contributed by atoms with E-state index >= 15 is 0 Å². The summed E-state index contributed by atoms with van der Waals surface area (Å²) < 4.78 is 0. The topological polar surface area (TPSA) is 238 Å². The number of nitrogens with zero attached hydrogens (tertiary/aromatic N) is 4. The lowest BCUT2D eigenvalue weighted by atomic mass is 9.92. The molecule has 18 nitrogen and oxygen atoms in total. The minimum atomic E-state index is -0.908. The Hall–Kier alpha value is -8.42. The van der Waals surface area contributed by atoms with Crippen molar-refractivity contribution >= 4 is 114 Å². The van der Waals surface area contributed by atoms with Gasteiger partial charge < -0.3 is 21.3 Å². The molecule has 20 heteroatoms. The maximum Gasteiger partial charge on any atom is 0.270 e. The molecule has 4 N–H and O–H groups in total. The van der Waals surface area contributed by atoms with Gasteiger partial charge in [0.05, 0.1) is 16.2 Å². The van der Waals surface area contributed by atoms with Crippen LogP contribution in [-0.4, -0.2) is 114 Å². The van der Waals surface area contributed by atoms with Crippen molar-refractivity contribution in [3.05, 3.63) is 174 Å². The van der Waals surface area contributed by atoms with Gasteiger partial charge in [0.2, 0.25) is 0 Å². The number of hydrogen-bond acceptors (Lipinski definition) is 12. The van der Waals surface area contributed by atoms with E-state index < -0.39 is 52.2 Å². The van der Waals surface area contributed by atoms with Gasteiger partial charge in [-0.2, -0.15) is 0 Å². The van der Waals surface area contributed by atoms with Crippen molar-refractivity contribution in [1.29, 1.82) is 0 Å². The van der Waals surface area contributed by atoms with E-state index in [-0.39, 0.29) is 91.4 Å². The number of amides is 8. The molecule has 3 heterocycles. The van der Waals surface area contributed by atoms with Crippen LogP contribution in [0.15, 0.2) is 109 Å². The Labute approximate surface area is 417 Å². The summed E-state index contributed by atoms with van der Waals surface area (Å²) in [5, 5.41) is 27.2. The molecule has 3 aliphatic rings. The minimum Gasteiger partial charge on any atom is -0.351 e. The quantitative estimate of drug-likeness (QED) is 0.0357. The third kappa shape index (κ3) is 8.24. The van der Waals surface area contributed by atoms with E-state index in [1.165, 1.54) is 36.4 Å². The van der Waals surface area contributed by atoms with Gasteiger partial charge in [0, 0.05) is 140 Å². The predicted octanol–water partition coefficient (Wildman–Crippen LogP) is 6.39. The van der Waals surface area contributed by atoms with Gasteiger partial charge in [-0.15, -0.1) is 0 Å². The normalized spacial score (nSPS) is 14.0. The number of anilines is 1. The molecule has 0 aromatic heterocycles. The lowest BCUT2D eigenvalue weighted by Crippen LogP contribution is -2.44. The molecule has 0 spiro atoms. The van der Waals surface area contributed by atoms with E-state index in [9.17, 15) is 48.5 Å². The van der Waals surface area contributed by atoms with Crippen LogP contribution in [0, 0.1) is 10.1 Å². The Morgan fingerprint density at radius 2 is 0.931 bits per heavy atom. The average molecular weight is 1010 g/mol. The summed E-state index contributed by atoms with van der Waals surface area (Å²) in [7, 11) is 0. The molecule has 10 rings (SSSR count). The Bertz CT molecular complexity index is 3390. The number of hydrogen-bond donors (Lipinski definition) is 4. The fraction of sp³-hybridized carbons (Fsp3) is 0.154. The van der Waals surface area contributed by atoms with Crippen molar-refractivity contribution in [3.63, 3.8) is 0 Å². The highest BCUT2D eigenvalue weighted by Gasteiger charge is 2.37. The number of carbonyl (C=O) groups is 8. The first-order valence-corrected chi connectivity index (χ1v) is 23.4. The third-order valence-electron chi connectivity index (χ3n) is 12.8. The number of rotatable bonds is 16. The van der Waals surface area contributed by atoms with Crippen LogP contribution < -0.4 is 26.2 Å². The zero-order valence-electron chi connectivity index (χ0n) is 37.7. The van der Waals surface area contributed by atoms with Crippen LogP contribution in [0.4, 0.5) is 11.4 Å². The van der Waals surface area contributed by atoms with E-state index in [4.69, 9.17) is 23.2 Å². The van der Waals surface area contributed by atoms with Crippen molar-refractivity contribution in [2.45, 2.75) is 0 Å². The molecule has 0 fully saturated rings. The lowest BCUT2D eigenvalue weighted by molar-refractivity contribution is -0.384. The SMILES string of the molecule is O=C(NCCNCCN1C(=O)c2cccc3c(Cl)ccc(c23)C1=O)c1cc(C(=O)NCCNCCN2C(=O)c3cccc4c(Cl)ccc(c34)C2=O)cc(N2C(=O)c3cccc4cc([N+](=O)[O-])cc(c34)C2=O)c1. The van der Waals surface area contributed by atoms with Gasteiger partial charge in [-0.05, 0) is 66.0 Å². The summed E-state index contributed by atoms with van der Waals surface area (Å²) in [6.45, 7) is 0.852. The summed E-state index contributed by atoms with van der Waals surface area (Å²) in [6.07, 6.45) is 0. The molecule has 72 heavy (non-hydrogen) atoms. The molecule has 8 amide bonds. The molecule has 0 atom stereocenters. The summed E-state index contributed by atoms with van der Waals surface area (Å²) >= 11 is 12.7. The number of carbonyl (C=O) groups excluding carboxylic acids is 8. The molecule has 0 saturated heterocycles. The molecular weight excluding hydrogens is 968 g/mol. The molecule has 0 unspecified atom stereocenters. The van der Waals surface area contributed by atoms with Gasteiger partial charge in [-0.3, -0.25) is 58.3 Å². The number of non-ortho nitro benzene ring substituents is 1. The number of imide groups is 3. The first kappa shape index (κ1) is 47.3. The molecule has 0 aliphatic carbocycles. The fourth-order valence-corrected chi connectivity index (χ4v) is 9.87. The molecule has 360 valence electrons. The van der Waals surface area contributed by atoms with Gasteiger partial charge in [-0.25, -0.2) is 4.90 Å². The molecule has 0 radical (unpaired) electrons. The number of nitro benzene ring substituents is 1. The zero-order valence-corrected chi connectivity index (χ0v) is 39.2. The monoisotopic (exact) mass is 1000 g/mol. The first-order valence-electron chi connectivity index (χ1n) is 22.6. The smallest absolute Gasteiger partial charge is 0.270 e. The van der Waals surface area contributed by atoms with E-state index in [0.717, 1.165) is 20.8 Å². The highest BCUT2D eigenvalue weighted by atomic mass is 35.5. The number of nitro groups is 1.